The average molecular weight is 329 g/mol. The summed E-state index contributed by atoms with van der Waals surface area (Å²) in [7, 11) is -1.20. The van der Waals surface area contributed by atoms with Gasteiger partial charge in [-0.05, 0) is 25.8 Å². The van der Waals surface area contributed by atoms with Crippen LogP contribution < -0.4 is 0 Å². The lowest BCUT2D eigenvalue weighted by Gasteiger charge is -2.32. The van der Waals surface area contributed by atoms with Gasteiger partial charge in [-0.25, -0.2) is 8.42 Å². The van der Waals surface area contributed by atoms with Gasteiger partial charge < -0.3 is 14.7 Å². The second-order valence-corrected chi connectivity index (χ2v) is 8.97. The normalized spacial score (nSPS) is 29.1. The number of rotatable bonds is 4. The van der Waals surface area contributed by atoms with Gasteiger partial charge in [0.15, 0.2) is 9.84 Å². The number of hydrogen-bond donors (Lipinski definition) is 0. The van der Waals surface area contributed by atoms with Crippen LogP contribution in [0.1, 0.15) is 19.3 Å². The SMILES string of the molecule is CN1CCS(=O)(=O)CC1CC(=O)N1CC(=O)N(CC2CC2)C1. The minimum absolute atomic E-state index is 0.00451. The lowest BCUT2D eigenvalue weighted by Crippen LogP contribution is -2.48. The Labute approximate surface area is 131 Å². The highest BCUT2D eigenvalue weighted by molar-refractivity contribution is 7.91. The van der Waals surface area contributed by atoms with Crippen molar-refractivity contribution in [3.05, 3.63) is 0 Å². The summed E-state index contributed by atoms with van der Waals surface area (Å²) in [4.78, 5) is 29.6. The molecular formula is C14H23N3O4S. The quantitative estimate of drug-likeness (QED) is 0.671. The molecular weight excluding hydrogens is 306 g/mol. The van der Waals surface area contributed by atoms with E-state index in [0.717, 1.165) is 6.54 Å². The summed E-state index contributed by atoms with van der Waals surface area (Å²) in [6.07, 6.45) is 2.51. The second-order valence-electron chi connectivity index (χ2n) is 6.75. The van der Waals surface area contributed by atoms with Crippen LogP contribution in [0.15, 0.2) is 0 Å². The van der Waals surface area contributed by atoms with Crippen LogP contribution >= 0.6 is 0 Å². The van der Waals surface area contributed by atoms with Gasteiger partial charge in [-0.1, -0.05) is 0 Å². The van der Waals surface area contributed by atoms with Crippen LogP contribution in [-0.2, 0) is 19.4 Å². The molecule has 1 aliphatic carbocycles. The Morgan fingerprint density at radius 3 is 2.73 bits per heavy atom. The molecule has 1 unspecified atom stereocenters. The fraction of sp³-hybridized carbons (Fsp3) is 0.857. The highest BCUT2D eigenvalue weighted by Gasteiger charge is 2.37. The summed E-state index contributed by atoms with van der Waals surface area (Å²) >= 11 is 0. The molecule has 0 bridgehead atoms. The summed E-state index contributed by atoms with van der Waals surface area (Å²) in [5.41, 5.74) is 0. The number of nitrogens with zero attached hydrogens (tertiary/aromatic N) is 3. The molecule has 0 aromatic rings. The molecule has 2 aliphatic heterocycles. The van der Waals surface area contributed by atoms with Crippen LogP contribution in [0.4, 0.5) is 0 Å². The van der Waals surface area contributed by atoms with Gasteiger partial charge >= 0.3 is 0 Å². The van der Waals surface area contributed by atoms with Crippen molar-refractivity contribution in [3.63, 3.8) is 0 Å². The van der Waals surface area contributed by atoms with Gasteiger partial charge in [0.1, 0.15) is 6.54 Å². The largest absolute Gasteiger partial charge is 0.323 e. The molecule has 0 aromatic carbocycles. The molecule has 0 radical (unpaired) electrons. The summed E-state index contributed by atoms with van der Waals surface area (Å²) in [5.74, 6) is 0.674. The van der Waals surface area contributed by atoms with Crippen molar-refractivity contribution < 1.29 is 18.0 Å². The first kappa shape index (κ1) is 15.7. The van der Waals surface area contributed by atoms with E-state index in [1.54, 1.807) is 9.80 Å². The molecule has 0 spiro atoms. The highest BCUT2D eigenvalue weighted by atomic mass is 32.2. The molecule has 8 heteroatoms. The molecule has 0 aromatic heterocycles. The molecule has 1 saturated carbocycles. The first-order valence-electron chi connectivity index (χ1n) is 7.80. The Morgan fingerprint density at radius 1 is 1.32 bits per heavy atom. The van der Waals surface area contributed by atoms with Crippen LogP contribution in [-0.4, -0.2) is 85.8 Å². The Morgan fingerprint density at radius 2 is 2.05 bits per heavy atom. The molecule has 0 N–H and O–H groups in total. The van der Waals surface area contributed by atoms with E-state index >= 15 is 0 Å². The van der Waals surface area contributed by atoms with Gasteiger partial charge in [-0.2, -0.15) is 0 Å². The maximum absolute atomic E-state index is 12.4. The van der Waals surface area contributed by atoms with Crippen LogP contribution in [0.25, 0.3) is 0 Å². The van der Waals surface area contributed by atoms with Crippen molar-refractivity contribution in [1.29, 1.82) is 0 Å². The summed E-state index contributed by atoms with van der Waals surface area (Å²) in [5, 5.41) is 0. The van der Waals surface area contributed by atoms with E-state index < -0.39 is 9.84 Å². The highest BCUT2D eigenvalue weighted by Crippen LogP contribution is 2.30. The number of hydrogen-bond acceptors (Lipinski definition) is 5. The summed E-state index contributed by atoms with van der Waals surface area (Å²) in [6.45, 7) is 1.71. The van der Waals surface area contributed by atoms with Crippen molar-refractivity contribution in [3.8, 4) is 0 Å². The third kappa shape index (κ3) is 3.60. The van der Waals surface area contributed by atoms with E-state index in [0.29, 0.717) is 19.1 Å². The lowest BCUT2D eigenvalue weighted by molar-refractivity contribution is -0.132. The predicted molar refractivity (Wildman–Crippen MR) is 80.7 cm³/mol. The number of carbonyl (C=O) groups excluding carboxylic acids is 2. The smallest absolute Gasteiger partial charge is 0.243 e. The van der Waals surface area contributed by atoms with Crippen molar-refractivity contribution in [2.45, 2.75) is 25.3 Å². The van der Waals surface area contributed by atoms with Gasteiger partial charge in [-0.3, -0.25) is 9.59 Å². The molecule has 2 saturated heterocycles. The van der Waals surface area contributed by atoms with E-state index in [4.69, 9.17) is 0 Å². The topological polar surface area (TPSA) is 78.0 Å². The molecule has 2 heterocycles. The molecule has 1 atom stereocenters. The van der Waals surface area contributed by atoms with Crippen molar-refractivity contribution in [2.24, 2.45) is 5.92 Å². The monoisotopic (exact) mass is 329 g/mol. The third-order valence-corrected chi connectivity index (χ3v) is 6.48. The Bertz CT molecular complexity index is 573. The van der Waals surface area contributed by atoms with E-state index in [1.165, 1.54) is 12.8 Å². The van der Waals surface area contributed by atoms with Gasteiger partial charge in [0.05, 0.1) is 18.2 Å². The standard InChI is InChI=1S/C14H23N3O4S/c1-15-4-5-22(20,21)9-12(15)6-13(18)17-8-14(19)16(10-17)7-11-2-3-11/h11-12H,2-10H2,1H3. The second kappa shape index (κ2) is 5.81. The number of sulfone groups is 1. The molecule has 7 nitrogen and oxygen atoms in total. The molecule has 2 amide bonds. The van der Waals surface area contributed by atoms with Crippen LogP contribution in [0.5, 0.6) is 0 Å². The Hall–Kier alpha value is -1.15. The molecule has 124 valence electrons. The van der Waals surface area contributed by atoms with E-state index in [1.807, 2.05) is 11.9 Å². The van der Waals surface area contributed by atoms with Crippen LogP contribution in [0.2, 0.25) is 0 Å². The molecule has 3 rings (SSSR count). The van der Waals surface area contributed by atoms with Gasteiger partial charge in [0.25, 0.3) is 0 Å². The maximum Gasteiger partial charge on any atom is 0.243 e. The Balaban J connectivity index is 1.56. The minimum Gasteiger partial charge on any atom is -0.323 e. The van der Waals surface area contributed by atoms with E-state index in [9.17, 15) is 18.0 Å². The maximum atomic E-state index is 12.4. The first-order chi connectivity index (χ1) is 10.3. The molecule has 3 aliphatic rings. The summed E-state index contributed by atoms with van der Waals surface area (Å²) in [6, 6.07) is -0.279. The lowest BCUT2D eigenvalue weighted by atomic mass is 10.2. The zero-order chi connectivity index (χ0) is 15.9. The van der Waals surface area contributed by atoms with Crippen LogP contribution in [0.3, 0.4) is 0 Å². The molecule has 22 heavy (non-hydrogen) atoms. The number of carbonyl (C=O) groups is 2. The predicted octanol–water partition coefficient (Wildman–Crippen LogP) is -0.856. The molecule has 3 fully saturated rings. The van der Waals surface area contributed by atoms with Crippen LogP contribution in [0, 0.1) is 5.92 Å². The summed E-state index contributed by atoms with van der Waals surface area (Å²) < 4.78 is 23.5. The zero-order valence-electron chi connectivity index (χ0n) is 12.9. The van der Waals surface area contributed by atoms with Crippen molar-refractivity contribution in [2.75, 3.05) is 44.9 Å². The fourth-order valence-electron chi connectivity index (χ4n) is 3.05. The van der Waals surface area contributed by atoms with Gasteiger partial charge in [0, 0.05) is 25.6 Å². The zero-order valence-corrected chi connectivity index (χ0v) is 13.7. The van der Waals surface area contributed by atoms with Gasteiger partial charge in [0.2, 0.25) is 11.8 Å². The average Bonchev–Trinajstić information content (AvgIpc) is 3.17. The Kier molecular flexibility index (Phi) is 4.15. The van der Waals surface area contributed by atoms with E-state index in [-0.39, 0.29) is 42.3 Å². The fourth-order valence-corrected chi connectivity index (χ4v) is 4.74. The minimum atomic E-state index is -3.05. The van der Waals surface area contributed by atoms with Gasteiger partial charge in [-0.15, -0.1) is 0 Å². The van der Waals surface area contributed by atoms with E-state index in [2.05, 4.69) is 0 Å². The third-order valence-electron chi connectivity index (χ3n) is 4.78. The van der Waals surface area contributed by atoms with Crippen molar-refractivity contribution in [1.82, 2.24) is 14.7 Å². The first-order valence-corrected chi connectivity index (χ1v) is 9.62. The number of amides is 2. The van der Waals surface area contributed by atoms with Crippen molar-refractivity contribution >= 4 is 21.7 Å².